The van der Waals surface area contributed by atoms with Crippen molar-refractivity contribution in [2.75, 3.05) is 6.26 Å². The number of benzene rings is 1. The molecule has 1 aliphatic rings. The van der Waals surface area contributed by atoms with E-state index in [1.54, 1.807) is 24.3 Å². The van der Waals surface area contributed by atoms with Gasteiger partial charge in [-0.1, -0.05) is 35.9 Å². The summed E-state index contributed by atoms with van der Waals surface area (Å²) in [5, 5.41) is -0.0360. The maximum atomic E-state index is 11.7. The van der Waals surface area contributed by atoms with Crippen molar-refractivity contribution in [3.63, 3.8) is 0 Å². The molecule has 0 radical (unpaired) electrons. The number of carbonyl (C=O) groups is 1. The van der Waals surface area contributed by atoms with Crippen molar-refractivity contribution in [1.29, 1.82) is 0 Å². The average molecular weight is 270 g/mol. The molecule has 0 fully saturated rings. The van der Waals surface area contributed by atoms with Crippen LogP contribution >= 0.6 is 11.6 Å². The average Bonchev–Trinajstić information content (AvgIpc) is 2.24. The minimum Gasteiger partial charge on any atom is -0.288 e. The molecule has 88 valence electrons. The number of nitrogens with zero attached hydrogens (tertiary/aromatic N) is 1. The van der Waals surface area contributed by atoms with Crippen LogP contribution in [0.2, 0.25) is 0 Å². The summed E-state index contributed by atoms with van der Waals surface area (Å²) >= 11 is 5.75. The van der Waals surface area contributed by atoms with Gasteiger partial charge in [-0.05, 0) is 6.08 Å². The lowest BCUT2D eigenvalue weighted by Crippen LogP contribution is -2.16. The van der Waals surface area contributed by atoms with Gasteiger partial charge in [0, 0.05) is 11.1 Å². The van der Waals surface area contributed by atoms with Gasteiger partial charge in [-0.2, -0.15) is 4.40 Å². The molecule has 1 aliphatic carbocycles. The fourth-order valence-electron chi connectivity index (χ4n) is 1.55. The molecule has 0 unspecified atom stereocenters. The van der Waals surface area contributed by atoms with E-state index >= 15 is 0 Å². The number of carbonyl (C=O) groups excluding carboxylic acids is 1. The molecule has 0 aromatic heterocycles. The maximum absolute atomic E-state index is 11.7. The minimum atomic E-state index is -3.53. The van der Waals surface area contributed by atoms with Crippen LogP contribution in [0.3, 0.4) is 0 Å². The highest BCUT2D eigenvalue weighted by molar-refractivity contribution is 7.89. The normalized spacial score (nSPS) is 17.9. The fourth-order valence-corrected chi connectivity index (χ4v) is 2.26. The van der Waals surface area contributed by atoms with Gasteiger partial charge in [-0.15, -0.1) is 0 Å². The molecule has 0 N–H and O–H groups in total. The van der Waals surface area contributed by atoms with Gasteiger partial charge in [-0.3, -0.25) is 4.79 Å². The van der Waals surface area contributed by atoms with Crippen molar-refractivity contribution >= 4 is 33.1 Å². The Bertz CT molecular complexity index is 659. The van der Waals surface area contributed by atoms with Gasteiger partial charge < -0.3 is 0 Å². The number of sulfonamides is 1. The summed E-state index contributed by atoms with van der Waals surface area (Å²) in [7, 11) is -3.53. The zero-order chi connectivity index (χ0) is 12.6. The van der Waals surface area contributed by atoms with Crippen molar-refractivity contribution in [1.82, 2.24) is 0 Å². The van der Waals surface area contributed by atoms with Gasteiger partial charge in [0.05, 0.1) is 17.0 Å². The number of hydrogen-bond acceptors (Lipinski definition) is 3. The third-order valence-electron chi connectivity index (χ3n) is 2.19. The van der Waals surface area contributed by atoms with Crippen LogP contribution in [-0.2, 0) is 10.0 Å². The minimum absolute atomic E-state index is 0.0360. The van der Waals surface area contributed by atoms with E-state index in [-0.39, 0.29) is 16.5 Å². The van der Waals surface area contributed by atoms with Gasteiger partial charge in [0.2, 0.25) is 5.78 Å². The number of allylic oxidation sites excluding steroid dienone is 2. The molecule has 4 nitrogen and oxygen atoms in total. The first-order valence-corrected chi connectivity index (χ1v) is 6.92. The Morgan fingerprint density at radius 3 is 2.35 bits per heavy atom. The highest BCUT2D eigenvalue weighted by atomic mass is 35.5. The number of halogens is 1. The van der Waals surface area contributed by atoms with Crippen LogP contribution in [0, 0.1) is 0 Å². The zero-order valence-corrected chi connectivity index (χ0v) is 10.4. The third kappa shape index (κ3) is 2.45. The third-order valence-corrected chi connectivity index (χ3v) is 3.00. The van der Waals surface area contributed by atoms with Gasteiger partial charge in [0.1, 0.15) is 0 Å². The molecule has 6 heteroatoms. The predicted octanol–water partition coefficient (Wildman–Crippen LogP) is 1.75. The number of fused-ring (bicyclic) bond motifs is 1. The van der Waals surface area contributed by atoms with E-state index in [9.17, 15) is 13.2 Å². The lowest BCUT2D eigenvalue weighted by Gasteiger charge is -2.13. The molecule has 0 bridgehead atoms. The molecule has 0 atom stereocenters. The van der Waals surface area contributed by atoms with Crippen LogP contribution in [0.15, 0.2) is 39.8 Å². The summed E-state index contributed by atoms with van der Waals surface area (Å²) in [5.74, 6) is -0.324. The van der Waals surface area contributed by atoms with Gasteiger partial charge in [0.15, 0.2) is 0 Å². The Labute approximate surface area is 104 Å². The van der Waals surface area contributed by atoms with E-state index in [0.29, 0.717) is 11.1 Å². The summed E-state index contributed by atoms with van der Waals surface area (Å²) in [6, 6.07) is 6.61. The summed E-state index contributed by atoms with van der Waals surface area (Å²) in [6.45, 7) is 0. The van der Waals surface area contributed by atoms with Crippen molar-refractivity contribution in [2.45, 2.75) is 0 Å². The first kappa shape index (κ1) is 12.0. The number of ketones is 1. The molecule has 1 aromatic carbocycles. The molecule has 0 aliphatic heterocycles. The van der Waals surface area contributed by atoms with Crippen LogP contribution in [0.5, 0.6) is 0 Å². The van der Waals surface area contributed by atoms with E-state index in [4.69, 9.17) is 11.6 Å². The Morgan fingerprint density at radius 1 is 1.18 bits per heavy atom. The van der Waals surface area contributed by atoms with Gasteiger partial charge in [-0.25, -0.2) is 8.42 Å². The summed E-state index contributed by atoms with van der Waals surface area (Å²) in [5.41, 5.74) is 1.03. The van der Waals surface area contributed by atoms with Crippen LogP contribution in [0.25, 0.3) is 0 Å². The van der Waals surface area contributed by atoms with E-state index < -0.39 is 10.0 Å². The SMILES string of the molecule is CS(=O)(=O)/N=C1\C=C(Cl)C(=O)c2ccccc21. The number of Topliss-reactive ketones (excluding diaryl/α,β-unsaturated/α-hetero) is 1. The van der Waals surface area contributed by atoms with Crippen molar-refractivity contribution in [3.8, 4) is 0 Å². The lowest BCUT2D eigenvalue weighted by atomic mass is 9.94. The molecule has 0 heterocycles. The van der Waals surface area contributed by atoms with Gasteiger partial charge >= 0.3 is 0 Å². The van der Waals surface area contributed by atoms with Crippen LogP contribution in [0.1, 0.15) is 15.9 Å². The van der Waals surface area contributed by atoms with Crippen molar-refractivity contribution < 1.29 is 13.2 Å². The lowest BCUT2D eigenvalue weighted by molar-refractivity contribution is 0.104. The molecule has 0 amide bonds. The van der Waals surface area contributed by atoms with Crippen molar-refractivity contribution in [2.24, 2.45) is 4.40 Å². The molecule has 2 rings (SSSR count). The summed E-state index contributed by atoms with van der Waals surface area (Å²) < 4.78 is 25.9. The van der Waals surface area contributed by atoms with E-state index in [2.05, 4.69) is 4.40 Å². The number of rotatable bonds is 1. The van der Waals surface area contributed by atoms with Crippen LogP contribution in [-0.4, -0.2) is 26.2 Å². The molecule has 17 heavy (non-hydrogen) atoms. The van der Waals surface area contributed by atoms with E-state index in [0.717, 1.165) is 6.26 Å². The largest absolute Gasteiger partial charge is 0.288 e. The standard InChI is InChI=1S/C11H8ClNO3S/c1-17(15,16)13-10-6-9(12)11(14)8-5-3-2-4-7(8)10/h2-6H,1H3/b13-10+. The second-order valence-corrected chi connectivity index (χ2v) is 5.63. The Hall–Kier alpha value is -1.46. The first-order chi connectivity index (χ1) is 7.88. The van der Waals surface area contributed by atoms with E-state index in [1.807, 2.05) is 0 Å². The smallest absolute Gasteiger partial charge is 0.250 e. The molecule has 0 saturated carbocycles. The highest BCUT2D eigenvalue weighted by Crippen LogP contribution is 2.24. The highest BCUT2D eigenvalue weighted by Gasteiger charge is 2.23. The fraction of sp³-hybridized carbons (Fsp3) is 0.0909. The maximum Gasteiger partial charge on any atom is 0.250 e. The van der Waals surface area contributed by atoms with Crippen LogP contribution < -0.4 is 0 Å². The predicted molar refractivity (Wildman–Crippen MR) is 66.1 cm³/mol. The molecule has 0 saturated heterocycles. The topological polar surface area (TPSA) is 63.6 Å². The Kier molecular flexibility index (Phi) is 2.89. The second kappa shape index (κ2) is 4.09. The van der Waals surface area contributed by atoms with Gasteiger partial charge in [0.25, 0.3) is 10.0 Å². The van der Waals surface area contributed by atoms with Crippen LogP contribution in [0.4, 0.5) is 0 Å². The zero-order valence-electron chi connectivity index (χ0n) is 8.84. The summed E-state index contributed by atoms with van der Waals surface area (Å²) in [6.07, 6.45) is 2.26. The molecular formula is C11H8ClNO3S. The Morgan fingerprint density at radius 2 is 1.76 bits per heavy atom. The quantitative estimate of drug-likeness (QED) is 0.780. The molecule has 0 spiro atoms. The van der Waals surface area contributed by atoms with Crippen molar-refractivity contribution in [3.05, 3.63) is 46.5 Å². The monoisotopic (exact) mass is 269 g/mol. The molecular weight excluding hydrogens is 262 g/mol. The number of hydrogen-bond donors (Lipinski definition) is 0. The summed E-state index contributed by atoms with van der Waals surface area (Å²) in [4.78, 5) is 11.7. The first-order valence-electron chi connectivity index (χ1n) is 4.70. The molecule has 1 aromatic rings. The Balaban J connectivity index is 2.71. The van der Waals surface area contributed by atoms with E-state index in [1.165, 1.54) is 6.08 Å². The second-order valence-electron chi connectivity index (χ2n) is 3.58.